The molecule has 5 heteroatoms. The molecule has 5 nitrogen and oxygen atoms in total. The fourth-order valence-electron chi connectivity index (χ4n) is 4.11. The van der Waals surface area contributed by atoms with Gasteiger partial charge in [-0.2, -0.15) is 5.26 Å². The number of nitriles is 1. The number of rotatable bonds is 12. The Morgan fingerprint density at radius 3 is 2.45 bits per heavy atom. The third kappa shape index (κ3) is 7.33. The molecule has 0 saturated carbocycles. The van der Waals surface area contributed by atoms with E-state index >= 15 is 0 Å². The average molecular weight is 451 g/mol. The third-order valence-electron chi connectivity index (χ3n) is 6.17. The van der Waals surface area contributed by atoms with E-state index in [-0.39, 0.29) is 18.0 Å². The van der Waals surface area contributed by atoms with Crippen LogP contribution in [0.4, 0.5) is 0 Å². The number of methoxy groups -OCH3 is 1. The van der Waals surface area contributed by atoms with Crippen molar-refractivity contribution in [3.05, 3.63) is 65.2 Å². The van der Waals surface area contributed by atoms with Crippen LogP contribution in [0, 0.1) is 17.2 Å². The maximum Gasteiger partial charge on any atom is 0.338 e. The molecule has 1 unspecified atom stereocenters. The smallest absolute Gasteiger partial charge is 0.338 e. The second-order valence-corrected chi connectivity index (χ2v) is 9.28. The molecule has 0 N–H and O–H groups in total. The minimum absolute atomic E-state index is 0.129. The lowest BCUT2D eigenvalue weighted by Crippen LogP contribution is -2.32. The third-order valence-corrected chi connectivity index (χ3v) is 6.17. The van der Waals surface area contributed by atoms with Gasteiger partial charge in [-0.15, -0.1) is 0 Å². The minimum Gasteiger partial charge on any atom is -0.497 e. The molecule has 0 fully saturated rings. The number of hydrogen-bond acceptors (Lipinski definition) is 5. The van der Waals surface area contributed by atoms with Crippen molar-refractivity contribution in [2.45, 2.75) is 58.5 Å². The van der Waals surface area contributed by atoms with Gasteiger partial charge in [-0.1, -0.05) is 38.1 Å². The lowest BCUT2D eigenvalue weighted by Gasteiger charge is -2.32. The van der Waals surface area contributed by atoms with Crippen LogP contribution in [-0.4, -0.2) is 44.2 Å². The van der Waals surface area contributed by atoms with Gasteiger partial charge in [0.25, 0.3) is 0 Å². The fraction of sp³-hybridized carbons (Fsp3) is 0.500. The Morgan fingerprint density at radius 1 is 1.09 bits per heavy atom. The quantitative estimate of drug-likeness (QED) is 0.392. The predicted molar refractivity (Wildman–Crippen MR) is 133 cm³/mol. The van der Waals surface area contributed by atoms with Crippen molar-refractivity contribution in [1.82, 2.24) is 4.90 Å². The lowest BCUT2D eigenvalue weighted by molar-refractivity contribution is 0.0377. The van der Waals surface area contributed by atoms with E-state index < -0.39 is 5.41 Å². The van der Waals surface area contributed by atoms with Crippen molar-refractivity contribution in [2.75, 3.05) is 27.2 Å². The first-order valence-corrected chi connectivity index (χ1v) is 11.8. The molecule has 178 valence electrons. The predicted octanol–water partition coefficient (Wildman–Crippen LogP) is 5.63. The molecular weight excluding hydrogens is 412 g/mol. The highest BCUT2D eigenvalue weighted by molar-refractivity contribution is 5.89. The molecule has 0 radical (unpaired) electrons. The summed E-state index contributed by atoms with van der Waals surface area (Å²) in [6, 6.07) is 18.2. The highest BCUT2D eigenvalue weighted by Crippen LogP contribution is 2.37. The van der Waals surface area contributed by atoms with Crippen LogP contribution in [0.1, 0.15) is 62.0 Å². The molecule has 0 amide bonds. The van der Waals surface area contributed by atoms with Crippen LogP contribution < -0.4 is 4.74 Å². The molecule has 2 aromatic rings. The van der Waals surface area contributed by atoms with Gasteiger partial charge in [0, 0.05) is 6.54 Å². The van der Waals surface area contributed by atoms with Crippen molar-refractivity contribution >= 4 is 5.97 Å². The second-order valence-electron chi connectivity index (χ2n) is 9.28. The van der Waals surface area contributed by atoms with Crippen molar-refractivity contribution in [3.8, 4) is 11.8 Å². The molecule has 0 saturated heterocycles. The van der Waals surface area contributed by atoms with Crippen LogP contribution >= 0.6 is 0 Å². The molecule has 0 aliphatic heterocycles. The van der Waals surface area contributed by atoms with E-state index in [1.165, 1.54) is 0 Å². The van der Waals surface area contributed by atoms with Crippen LogP contribution in [0.2, 0.25) is 0 Å². The Balaban J connectivity index is 1.95. The standard InChI is InChI=1S/C28H38N2O3/c1-21(2)28(20-29,25-12-8-13-26(19-25)32-6)15-9-16-30(5)17-14-23-10-7-11-24(18-23)27(31)33-22(3)4/h7-8,10-13,18-19,21-22H,9,14-17H2,1-6H3. The van der Waals surface area contributed by atoms with Gasteiger partial charge < -0.3 is 14.4 Å². The van der Waals surface area contributed by atoms with Crippen LogP contribution in [0.15, 0.2) is 48.5 Å². The van der Waals surface area contributed by atoms with E-state index in [9.17, 15) is 10.1 Å². The fourth-order valence-corrected chi connectivity index (χ4v) is 4.11. The van der Waals surface area contributed by atoms with E-state index in [0.29, 0.717) is 5.56 Å². The van der Waals surface area contributed by atoms with Gasteiger partial charge in [0.15, 0.2) is 0 Å². The first kappa shape index (κ1) is 26.4. The average Bonchev–Trinajstić information content (AvgIpc) is 2.80. The SMILES string of the molecule is COc1cccc(C(C#N)(CCCN(C)CCc2cccc(C(=O)OC(C)C)c2)C(C)C)c1. The topological polar surface area (TPSA) is 62.6 Å². The van der Waals surface area contributed by atoms with Crippen molar-refractivity contribution in [1.29, 1.82) is 5.26 Å². The Hall–Kier alpha value is -2.84. The van der Waals surface area contributed by atoms with Crippen molar-refractivity contribution in [3.63, 3.8) is 0 Å². The number of carbonyl (C=O) groups is 1. The van der Waals surface area contributed by atoms with E-state index in [4.69, 9.17) is 9.47 Å². The number of ether oxygens (including phenoxy) is 2. The summed E-state index contributed by atoms with van der Waals surface area (Å²) in [6.07, 6.45) is 2.42. The summed E-state index contributed by atoms with van der Waals surface area (Å²) in [7, 11) is 3.76. The van der Waals surface area contributed by atoms with Crippen molar-refractivity contribution in [2.24, 2.45) is 5.92 Å². The maximum absolute atomic E-state index is 12.2. The largest absolute Gasteiger partial charge is 0.497 e. The van der Waals surface area contributed by atoms with Gasteiger partial charge in [-0.3, -0.25) is 0 Å². The zero-order valence-electron chi connectivity index (χ0n) is 20.9. The molecule has 33 heavy (non-hydrogen) atoms. The van der Waals surface area contributed by atoms with Crippen LogP contribution in [0.3, 0.4) is 0 Å². The van der Waals surface area contributed by atoms with Gasteiger partial charge in [-0.25, -0.2) is 4.79 Å². The molecule has 0 aliphatic rings. The number of likely N-dealkylation sites (N-methyl/N-ethyl adjacent to an activating group) is 1. The summed E-state index contributed by atoms with van der Waals surface area (Å²) in [5, 5.41) is 10.2. The van der Waals surface area contributed by atoms with Crippen molar-refractivity contribution < 1.29 is 14.3 Å². The molecule has 0 heterocycles. The molecule has 0 bridgehead atoms. The molecule has 0 aromatic heterocycles. The summed E-state index contributed by atoms with van der Waals surface area (Å²) < 4.78 is 10.7. The molecular formula is C28H38N2O3. The zero-order valence-corrected chi connectivity index (χ0v) is 20.9. The number of hydrogen-bond donors (Lipinski definition) is 0. The van der Waals surface area contributed by atoms with Crippen LogP contribution in [-0.2, 0) is 16.6 Å². The molecule has 1 atom stereocenters. The number of benzene rings is 2. The molecule has 2 aromatic carbocycles. The molecule has 2 rings (SSSR count). The molecule has 0 spiro atoms. The normalized spacial score (nSPS) is 13.1. The molecule has 0 aliphatic carbocycles. The number of nitrogens with zero attached hydrogens (tertiary/aromatic N) is 2. The van der Waals surface area contributed by atoms with Crippen LogP contribution in [0.25, 0.3) is 0 Å². The first-order valence-electron chi connectivity index (χ1n) is 11.8. The van der Waals surface area contributed by atoms with E-state index in [0.717, 1.165) is 49.2 Å². The Kier molecular flexibility index (Phi) is 9.94. The Labute approximate surface area is 199 Å². The van der Waals surface area contributed by atoms with Gasteiger partial charge in [0.2, 0.25) is 0 Å². The summed E-state index contributed by atoms with van der Waals surface area (Å²) in [6.45, 7) is 9.71. The minimum atomic E-state index is -0.541. The number of esters is 1. The van der Waals surface area contributed by atoms with E-state index in [2.05, 4.69) is 31.9 Å². The highest BCUT2D eigenvalue weighted by Gasteiger charge is 2.35. The summed E-state index contributed by atoms with van der Waals surface area (Å²) in [5.41, 5.74) is 2.19. The summed E-state index contributed by atoms with van der Waals surface area (Å²) in [4.78, 5) is 14.4. The van der Waals surface area contributed by atoms with E-state index in [1.54, 1.807) is 13.2 Å². The highest BCUT2D eigenvalue weighted by atomic mass is 16.5. The van der Waals surface area contributed by atoms with E-state index in [1.807, 2.05) is 56.3 Å². The van der Waals surface area contributed by atoms with Gasteiger partial charge >= 0.3 is 5.97 Å². The monoisotopic (exact) mass is 450 g/mol. The van der Waals surface area contributed by atoms with Gasteiger partial charge in [0.1, 0.15) is 5.75 Å². The zero-order chi connectivity index (χ0) is 24.4. The Morgan fingerprint density at radius 2 is 1.82 bits per heavy atom. The Bertz CT molecular complexity index is 948. The lowest BCUT2D eigenvalue weighted by atomic mass is 9.70. The maximum atomic E-state index is 12.2. The summed E-state index contributed by atoms with van der Waals surface area (Å²) in [5.74, 6) is 0.692. The van der Waals surface area contributed by atoms with Gasteiger partial charge in [0.05, 0.1) is 30.3 Å². The van der Waals surface area contributed by atoms with Gasteiger partial charge in [-0.05, 0) is 88.0 Å². The number of carbonyl (C=O) groups excluding carboxylic acids is 1. The summed E-state index contributed by atoms with van der Waals surface area (Å²) >= 11 is 0. The van der Waals surface area contributed by atoms with Crippen LogP contribution in [0.5, 0.6) is 5.75 Å². The second kappa shape index (κ2) is 12.4. The first-order chi connectivity index (χ1) is 15.7.